The van der Waals surface area contributed by atoms with Crippen LogP contribution in [0.5, 0.6) is 5.75 Å². The lowest BCUT2D eigenvalue weighted by atomic mass is 10.1. The highest BCUT2D eigenvalue weighted by atomic mass is 16.5. The van der Waals surface area contributed by atoms with Gasteiger partial charge in [-0.25, -0.2) is 9.59 Å². The molecule has 28 heavy (non-hydrogen) atoms. The molecule has 0 spiro atoms. The van der Waals surface area contributed by atoms with Crippen molar-refractivity contribution in [1.29, 1.82) is 0 Å². The van der Waals surface area contributed by atoms with Gasteiger partial charge in [0.25, 0.3) is 11.8 Å². The van der Waals surface area contributed by atoms with Gasteiger partial charge in [-0.3, -0.25) is 14.9 Å². The quantitative estimate of drug-likeness (QED) is 0.608. The van der Waals surface area contributed by atoms with E-state index < -0.39 is 30.4 Å². The number of hydrogen-bond acceptors (Lipinski definition) is 6. The number of rotatable bonds is 7. The number of carbonyl (C=O) groups is 4. The number of nitrogens with one attached hydrogen (secondary N) is 2. The molecule has 0 aromatic heterocycles. The maximum absolute atomic E-state index is 12.1. The van der Waals surface area contributed by atoms with Gasteiger partial charge in [0.2, 0.25) is 0 Å². The zero-order valence-electron chi connectivity index (χ0n) is 15.1. The Morgan fingerprint density at radius 1 is 1.00 bits per heavy atom. The molecule has 0 aliphatic heterocycles. The van der Waals surface area contributed by atoms with Crippen LogP contribution in [0, 0.1) is 0 Å². The van der Waals surface area contributed by atoms with Gasteiger partial charge in [-0.2, -0.15) is 0 Å². The summed E-state index contributed by atoms with van der Waals surface area (Å²) in [6.45, 7) is -0.400. The van der Waals surface area contributed by atoms with Crippen molar-refractivity contribution in [2.75, 3.05) is 13.7 Å². The van der Waals surface area contributed by atoms with Crippen molar-refractivity contribution in [3.8, 4) is 5.75 Å². The summed E-state index contributed by atoms with van der Waals surface area (Å²) in [5, 5.41) is 4.55. The molecule has 2 rings (SSSR count). The Kier molecular flexibility index (Phi) is 7.09. The molecule has 0 heterocycles. The minimum atomic E-state index is -0.772. The summed E-state index contributed by atoms with van der Waals surface area (Å²) in [6, 6.07) is 11.9. The van der Waals surface area contributed by atoms with Crippen LogP contribution in [0.3, 0.4) is 0 Å². The number of ether oxygens (including phenoxy) is 2. The van der Waals surface area contributed by atoms with E-state index >= 15 is 0 Å². The third-order valence-electron chi connectivity index (χ3n) is 3.60. The highest BCUT2D eigenvalue weighted by molar-refractivity contribution is 6.07. The Morgan fingerprint density at radius 2 is 1.68 bits per heavy atom. The number of nitrogens with two attached hydrogens (primary N) is 1. The maximum atomic E-state index is 12.1. The Labute approximate surface area is 160 Å². The Balaban J connectivity index is 1.85. The second-order valence-corrected chi connectivity index (χ2v) is 5.57. The van der Waals surface area contributed by atoms with Crippen molar-refractivity contribution < 1.29 is 28.7 Å². The van der Waals surface area contributed by atoms with Crippen LogP contribution in [0.25, 0.3) is 0 Å². The molecule has 9 nitrogen and oxygen atoms in total. The molecule has 4 N–H and O–H groups in total. The molecule has 0 bridgehead atoms. The normalized spacial score (nSPS) is 9.89. The van der Waals surface area contributed by atoms with Crippen molar-refractivity contribution in [1.82, 2.24) is 10.6 Å². The van der Waals surface area contributed by atoms with Crippen molar-refractivity contribution in [3.05, 3.63) is 65.2 Å². The number of benzene rings is 2. The van der Waals surface area contributed by atoms with E-state index in [0.29, 0.717) is 5.75 Å². The van der Waals surface area contributed by atoms with E-state index in [2.05, 4.69) is 10.6 Å². The first kappa shape index (κ1) is 20.4. The van der Waals surface area contributed by atoms with E-state index in [9.17, 15) is 19.2 Å². The fourth-order valence-electron chi connectivity index (χ4n) is 2.22. The average molecular weight is 385 g/mol. The molecular formula is C19H19N3O6. The molecule has 2 aromatic rings. The molecule has 9 heteroatoms. The van der Waals surface area contributed by atoms with Crippen LogP contribution < -0.4 is 21.1 Å². The number of imide groups is 1. The number of primary amides is 1. The number of esters is 1. The fraction of sp³-hybridized carbons (Fsp3) is 0.158. The monoisotopic (exact) mass is 385 g/mol. The van der Waals surface area contributed by atoms with Crippen LogP contribution in [0.2, 0.25) is 0 Å². The summed E-state index contributed by atoms with van der Waals surface area (Å²) in [5.41, 5.74) is 6.11. The molecule has 0 radical (unpaired) electrons. The summed E-state index contributed by atoms with van der Waals surface area (Å²) in [5.74, 6) is -1.85. The number of amides is 4. The van der Waals surface area contributed by atoms with E-state index in [0.717, 1.165) is 5.56 Å². The summed E-state index contributed by atoms with van der Waals surface area (Å²) < 4.78 is 9.95. The number of urea groups is 1. The van der Waals surface area contributed by atoms with Gasteiger partial charge in [0.05, 0.1) is 18.2 Å². The highest BCUT2D eigenvalue weighted by Gasteiger charge is 2.16. The lowest BCUT2D eigenvalue weighted by Crippen LogP contribution is -2.34. The molecule has 0 saturated heterocycles. The van der Waals surface area contributed by atoms with Crippen molar-refractivity contribution in [2.24, 2.45) is 5.73 Å². The minimum Gasteiger partial charge on any atom is -0.496 e. The highest BCUT2D eigenvalue weighted by Crippen LogP contribution is 2.16. The Hall–Kier alpha value is -3.88. The zero-order valence-corrected chi connectivity index (χ0v) is 15.1. The van der Waals surface area contributed by atoms with Gasteiger partial charge in [-0.15, -0.1) is 0 Å². The van der Waals surface area contributed by atoms with Crippen LogP contribution in [0.4, 0.5) is 4.79 Å². The largest absolute Gasteiger partial charge is 0.496 e. The topological polar surface area (TPSA) is 137 Å². The summed E-state index contributed by atoms with van der Waals surface area (Å²) in [4.78, 5) is 46.6. The predicted molar refractivity (Wildman–Crippen MR) is 98.6 cm³/mol. The molecule has 0 unspecified atom stereocenters. The van der Waals surface area contributed by atoms with E-state index in [4.69, 9.17) is 15.2 Å². The first-order valence-electron chi connectivity index (χ1n) is 8.17. The third-order valence-corrected chi connectivity index (χ3v) is 3.60. The smallest absolute Gasteiger partial charge is 0.338 e. The van der Waals surface area contributed by atoms with Gasteiger partial charge < -0.3 is 20.5 Å². The van der Waals surface area contributed by atoms with Crippen molar-refractivity contribution in [3.63, 3.8) is 0 Å². The summed E-state index contributed by atoms with van der Waals surface area (Å²) >= 11 is 0. The Morgan fingerprint density at radius 3 is 2.32 bits per heavy atom. The van der Waals surface area contributed by atoms with Gasteiger partial charge in [0.15, 0.2) is 6.61 Å². The van der Waals surface area contributed by atoms with Crippen LogP contribution >= 0.6 is 0 Å². The van der Waals surface area contributed by atoms with Gasteiger partial charge in [0, 0.05) is 6.54 Å². The lowest BCUT2D eigenvalue weighted by Gasteiger charge is -2.09. The van der Waals surface area contributed by atoms with E-state index in [-0.39, 0.29) is 17.7 Å². The molecule has 4 amide bonds. The van der Waals surface area contributed by atoms with Gasteiger partial charge >= 0.3 is 12.0 Å². The lowest BCUT2D eigenvalue weighted by molar-refractivity contribution is -0.123. The first-order valence-corrected chi connectivity index (χ1v) is 8.17. The summed E-state index contributed by atoms with van der Waals surface area (Å²) in [7, 11) is 1.41. The standard InChI is InChI=1S/C19H19N3O6/c1-27-15-5-3-2-4-14(15)17(24)22-16(23)11-28-18(25)13-8-6-12(7-9-13)10-21-19(20)26/h2-9H,10-11H2,1H3,(H3,20,21,26)(H,22,23,24). The van der Waals surface area contributed by atoms with Crippen LogP contribution in [-0.2, 0) is 16.1 Å². The van der Waals surface area contributed by atoms with Crippen molar-refractivity contribution >= 4 is 23.8 Å². The van der Waals surface area contributed by atoms with Crippen molar-refractivity contribution in [2.45, 2.75) is 6.54 Å². The number of methoxy groups -OCH3 is 1. The first-order chi connectivity index (χ1) is 13.4. The molecule has 0 aliphatic rings. The fourth-order valence-corrected chi connectivity index (χ4v) is 2.22. The SMILES string of the molecule is COc1ccccc1C(=O)NC(=O)COC(=O)c1ccc(CNC(N)=O)cc1. The number of carbonyl (C=O) groups excluding carboxylic acids is 4. The molecular weight excluding hydrogens is 366 g/mol. The van der Waals surface area contributed by atoms with Crippen LogP contribution in [0.1, 0.15) is 26.3 Å². The molecule has 0 fully saturated rings. The summed E-state index contributed by atoms with van der Waals surface area (Å²) in [6.07, 6.45) is 0. The number of para-hydroxylation sites is 1. The molecule has 0 aliphatic carbocycles. The zero-order chi connectivity index (χ0) is 20.5. The Bertz CT molecular complexity index is 879. The number of hydrogen-bond donors (Lipinski definition) is 3. The van der Waals surface area contributed by atoms with Gasteiger partial charge in [0.1, 0.15) is 5.75 Å². The van der Waals surface area contributed by atoms with Crippen LogP contribution in [0.15, 0.2) is 48.5 Å². The molecule has 0 saturated carbocycles. The van der Waals surface area contributed by atoms with E-state index in [1.165, 1.54) is 25.3 Å². The van der Waals surface area contributed by atoms with E-state index in [1.54, 1.807) is 30.3 Å². The predicted octanol–water partition coefficient (Wildman–Crippen LogP) is 0.977. The van der Waals surface area contributed by atoms with Gasteiger partial charge in [-0.1, -0.05) is 24.3 Å². The maximum Gasteiger partial charge on any atom is 0.338 e. The molecule has 0 atom stereocenters. The van der Waals surface area contributed by atoms with Crippen LogP contribution in [-0.4, -0.2) is 37.5 Å². The molecule has 2 aromatic carbocycles. The minimum absolute atomic E-state index is 0.185. The average Bonchev–Trinajstić information content (AvgIpc) is 2.70. The molecule has 146 valence electrons. The third kappa shape index (κ3) is 5.84. The second kappa shape index (κ2) is 9.72. The second-order valence-electron chi connectivity index (χ2n) is 5.57. The van der Waals surface area contributed by atoms with E-state index in [1.807, 2.05) is 0 Å². The van der Waals surface area contributed by atoms with Gasteiger partial charge in [-0.05, 0) is 29.8 Å².